The van der Waals surface area contributed by atoms with Gasteiger partial charge in [-0.05, 0) is 28.8 Å². The normalized spacial score (nSPS) is 17.4. The summed E-state index contributed by atoms with van der Waals surface area (Å²) in [6.07, 6.45) is 5.65. The molecule has 1 aliphatic rings. The van der Waals surface area contributed by atoms with Crippen LogP contribution in [0.15, 0.2) is 17.0 Å². The first-order valence-electron chi connectivity index (χ1n) is 6.00. The first-order valence-corrected chi connectivity index (χ1v) is 6.80. The van der Waals surface area contributed by atoms with Gasteiger partial charge in [-0.3, -0.25) is 0 Å². The molecule has 0 atom stereocenters. The molecule has 3 rings (SSSR count). The van der Waals surface area contributed by atoms with Gasteiger partial charge < -0.3 is 14.2 Å². The third-order valence-corrected chi connectivity index (χ3v) is 3.64. The first-order chi connectivity index (χ1) is 8.78. The van der Waals surface area contributed by atoms with Gasteiger partial charge in [0.15, 0.2) is 5.65 Å². The van der Waals surface area contributed by atoms with Crippen LogP contribution in [0.1, 0.15) is 30.1 Å². The van der Waals surface area contributed by atoms with Crippen LogP contribution >= 0.6 is 15.9 Å². The van der Waals surface area contributed by atoms with Crippen molar-refractivity contribution in [3.05, 3.63) is 28.4 Å². The van der Waals surface area contributed by atoms with Crippen LogP contribution < -0.4 is 0 Å². The molecule has 18 heavy (non-hydrogen) atoms. The fraction of sp³-hybridized carbons (Fsp3) is 0.500. The van der Waals surface area contributed by atoms with Crippen molar-refractivity contribution in [2.24, 2.45) is 0 Å². The second-order valence-corrected chi connectivity index (χ2v) is 5.27. The van der Waals surface area contributed by atoms with Crippen LogP contribution in [0.2, 0.25) is 0 Å². The molecular formula is C12H14BrN3O2. The number of rotatable bonds is 2. The van der Waals surface area contributed by atoms with E-state index in [1.54, 1.807) is 0 Å². The number of hydrogen-bond donors (Lipinski definition) is 1. The Bertz CT molecular complexity index is 564. The fourth-order valence-corrected chi connectivity index (χ4v) is 2.77. The van der Waals surface area contributed by atoms with E-state index in [2.05, 4.69) is 25.9 Å². The second kappa shape index (κ2) is 4.95. The van der Waals surface area contributed by atoms with E-state index in [0.717, 1.165) is 42.0 Å². The lowest BCUT2D eigenvalue weighted by Gasteiger charge is -2.21. The maximum absolute atomic E-state index is 9.18. The van der Waals surface area contributed by atoms with Crippen molar-refractivity contribution in [1.29, 1.82) is 0 Å². The van der Waals surface area contributed by atoms with E-state index < -0.39 is 0 Å². The van der Waals surface area contributed by atoms with Crippen LogP contribution in [-0.2, 0) is 11.3 Å². The Kier molecular flexibility index (Phi) is 3.32. The summed E-state index contributed by atoms with van der Waals surface area (Å²) in [7, 11) is 0. The molecule has 0 amide bonds. The number of fused-ring (bicyclic) bond motifs is 1. The number of nitrogens with zero attached hydrogens (tertiary/aromatic N) is 3. The van der Waals surface area contributed by atoms with Crippen molar-refractivity contribution in [2.45, 2.75) is 25.4 Å². The summed E-state index contributed by atoms with van der Waals surface area (Å²) in [4.78, 5) is 9.01. The molecule has 0 bridgehead atoms. The molecule has 0 saturated carbocycles. The SMILES string of the molecule is OCc1cn2cc(Br)nc(C3CCOCC3)c2n1. The van der Waals surface area contributed by atoms with Crippen LogP contribution in [0.4, 0.5) is 0 Å². The third-order valence-electron chi connectivity index (χ3n) is 3.25. The van der Waals surface area contributed by atoms with Crippen LogP contribution in [0.25, 0.3) is 5.65 Å². The molecule has 1 aliphatic heterocycles. The van der Waals surface area contributed by atoms with Crippen molar-refractivity contribution in [3.63, 3.8) is 0 Å². The van der Waals surface area contributed by atoms with Gasteiger partial charge in [0.05, 0.1) is 18.0 Å². The van der Waals surface area contributed by atoms with E-state index in [-0.39, 0.29) is 6.61 Å². The van der Waals surface area contributed by atoms with Gasteiger partial charge in [-0.2, -0.15) is 0 Å². The molecular weight excluding hydrogens is 298 g/mol. The lowest BCUT2D eigenvalue weighted by molar-refractivity contribution is 0.0846. The maximum Gasteiger partial charge on any atom is 0.159 e. The highest BCUT2D eigenvalue weighted by Crippen LogP contribution is 2.29. The molecule has 0 aromatic carbocycles. The molecule has 0 spiro atoms. The zero-order valence-corrected chi connectivity index (χ0v) is 11.4. The number of aliphatic hydroxyl groups is 1. The fourth-order valence-electron chi connectivity index (χ4n) is 2.36. The van der Waals surface area contributed by atoms with Gasteiger partial charge >= 0.3 is 0 Å². The standard InChI is InChI=1S/C12H14BrN3O2/c13-10-6-16-5-9(7-17)14-12(16)11(15-10)8-1-3-18-4-2-8/h5-6,8,17H,1-4,7H2. The van der Waals surface area contributed by atoms with Crippen molar-refractivity contribution < 1.29 is 9.84 Å². The molecule has 2 aromatic heterocycles. The second-order valence-electron chi connectivity index (χ2n) is 4.46. The van der Waals surface area contributed by atoms with Gasteiger partial charge in [0.2, 0.25) is 0 Å². The molecule has 0 radical (unpaired) electrons. The van der Waals surface area contributed by atoms with Gasteiger partial charge in [-0.25, -0.2) is 9.97 Å². The summed E-state index contributed by atoms with van der Waals surface area (Å²) in [5.41, 5.74) is 2.50. The zero-order valence-electron chi connectivity index (χ0n) is 9.84. The van der Waals surface area contributed by atoms with Crippen LogP contribution in [-0.4, -0.2) is 32.7 Å². The molecule has 0 aliphatic carbocycles. The average Bonchev–Trinajstić information content (AvgIpc) is 2.81. The third kappa shape index (κ3) is 2.15. The zero-order chi connectivity index (χ0) is 12.5. The Hall–Kier alpha value is -0.980. The highest BCUT2D eigenvalue weighted by molar-refractivity contribution is 9.10. The Balaban J connectivity index is 2.10. The molecule has 1 saturated heterocycles. The van der Waals surface area contributed by atoms with Crippen LogP contribution in [0.3, 0.4) is 0 Å². The highest BCUT2D eigenvalue weighted by Gasteiger charge is 2.21. The van der Waals surface area contributed by atoms with Gasteiger partial charge in [0.25, 0.3) is 0 Å². The molecule has 96 valence electrons. The summed E-state index contributed by atoms with van der Waals surface area (Å²) >= 11 is 3.43. The summed E-state index contributed by atoms with van der Waals surface area (Å²) < 4.78 is 8.10. The lowest BCUT2D eigenvalue weighted by Crippen LogP contribution is -2.16. The predicted octanol–water partition coefficient (Wildman–Crippen LogP) is 1.88. The first kappa shape index (κ1) is 12.1. The van der Waals surface area contributed by atoms with E-state index in [1.807, 2.05) is 16.8 Å². The Morgan fingerprint density at radius 3 is 2.83 bits per heavy atom. The number of ether oxygens (including phenoxy) is 1. The number of aromatic nitrogens is 3. The maximum atomic E-state index is 9.18. The summed E-state index contributed by atoms with van der Waals surface area (Å²) in [5.74, 6) is 0.382. The Morgan fingerprint density at radius 1 is 1.33 bits per heavy atom. The molecule has 3 heterocycles. The lowest BCUT2D eigenvalue weighted by atomic mass is 9.96. The number of imidazole rings is 1. The Morgan fingerprint density at radius 2 is 2.11 bits per heavy atom. The summed E-state index contributed by atoms with van der Waals surface area (Å²) in [6.45, 7) is 1.50. The highest BCUT2D eigenvalue weighted by atomic mass is 79.9. The summed E-state index contributed by atoms with van der Waals surface area (Å²) in [6, 6.07) is 0. The minimum absolute atomic E-state index is 0.0491. The number of halogens is 1. The number of aliphatic hydroxyl groups excluding tert-OH is 1. The smallest absolute Gasteiger partial charge is 0.159 e. The van der Waals surface area contributed by atoms with Gasteiger partial charge in [0.1, 0.15) is 4.60 Å². The monoisotopic (exact) mass is 311 g/mol. The van der Waals surface area contributed by atoms with Crippen molar-refractivity contribution in [3.8, 4) is 0 Å². The molecule has 0 unspecified atom stereocenters. The van der Waals surface area contributed by atoms with E-state index in [0.29, 0.717) is 11.6 Å². The quantitative estimate of drug-likeness (QED) is 0.920. The molecule has 2 aromatic rings. The molecule has 1 N–H and O–H groups in total. The van der Waals surface area contributed by atoms with E-state index in [9.17, 15) is 5.11 Å². The van der Waals surface area contributed by atoms with Crippen molar-refractivity contribution >= 4 is 21.6 Å². The minimum Gasteiger partial charge on any atom is -0.390 e. The minimum atomic E-state index is -0.0491. The van der Waals surface area contributed by atoms with E-state index in [4.69, 9.17) is 4.74 Å². The van der Waals surface area contributed by atoms with Crippen LogP contribution in [0, 0.1) is 0 Å². The Labute approximate surface area is 113 Å². The van der Waals surface area contributed by atoms with Gasteiger partial charge in [-0.1, -0.05) is 0 Å². The predicted molar refractivity (Wildman–Crippen MR) is 69.4 cm³/mol. The van der Waals surface area contributed by atoms with Crippen molar-refractivity contribution in [1.82, 2.24) is 14.4 Å². The van der Waals surface area contributed by atoms with Gasteiger partial charge in [-0.15, -0.1) is 0 Å². The topological polar surface area (TPSA) is 59.7 Å². The van der Waals surface area contributed by atoms with Crippen molar-refractivity contribution in [2.75, 3.05) is 13.2 Å². The largest absolute Gasteiger partial charge is 0.390 e. The molecule has 5 nitrogen and oxygen atoms in total. The number of hydrogen-bond acceptors (Lipinski definition) is 4. The van der Waals surface area contributed by atoms with E-state index >= 15 is 0 Å². The molecule has 1 fully saturated rings. The summed E-state index contributed by atoms with van der Waals surface area (Å²) in [5, 5.41) is 9.18. The molecule has 6 heteroatoms. The average molecular weight is 312 g/mol. The van der Waals surface area contributed by atoms with Crippen LogP contribution in [0.5, 0.6) is 0 Å². The van der Waals surface area contributed by atoms with E-state index in [1.165, 1.54) is 0 Å². The van der Waals surface area contributed by atoms with Gasteiger partial charge in [0, 0.05) is 31.5 Å².